The molecule has 0 aliphatic rings. The van der Waals surface area contributed by atoms with Crippen LogP contribution < -0.4 is 9.57 Å². The van der Waals surface area contributed by atoms with Gasteiger partial charge in [0.05, 0.1) is 11.3 Å². The van der Waals surface area contributed by atoms with Crippen LogP contribution in [-0.2, 0) is 4.79 Å². The van der Waals surface area contributed by atoms with E-state index in [0.717, 1.165) is 10.0 Å². The van der Waals surface area contributed by atoms with Gasteiger partial charge in [0.25, 0.3) is 0 Å². The fourth-order valence-corrected chi connectivity index (χ4v) is 2.84. The van der Waals surface area contributed by atoms with Crippen molar-refractivity contribution in [1.82, 2.24) is 4.73 Å². The lowest BCUT2D eigenvalue weighted by atomic mass is 10.0. The van der Waals surface area contributed by atoms with E-state index in [0.29, 0.717) is 17.0 Å². The van der Waals surface area contributed by atoms with E-state index in [1.165, 1.54) is 25.7 Å². The van der Waals surface area contributed by atoms with Gasteiger partial charge in [-0.25, -0.2) is 0 Å². The largest absolute Gasteiger partial charge is 0.424 e. The molecule has 0 radical (unpaired) electrons. The summed E-state index contributed by atoms with van der Waals surface area (Å²) in [6.07, 6.45) is 0. The average Bonchev–Trinajstić information content (AvgIpc) is 2.71. The maximum Gasteiger partial charge on any atom is 0.308 e. The number of rotatable bonds is 4. The van der Waals surface area contributed by atoms with Crippen LogP contribution in [0.25, 0.3) is 11.3 Å². The third-order valence-corrected chi connectivity index (χ3v) is 3.90. The average molecular weight is 366 g/mol. The molecule has 0 saturated carbocycles. The zero-order valence-corrected chi connectivity index (χ0v) is 14.4. The third kappa shape index (κ3) is 2.78. The Kier molecular flexibility index (Phi) is 4.71. The van der Waals surface area contributed by atoms with Crippen molar-refractivity contribution in [3.05, 3.63) is 40.0 Å². The number of halogens is 1. The molecule has 22 heavy (non-hydrogen) atoms. The second-order valence-corrected chi connectivity index (χ2v) is 5.60. The van der Waals surface area contributed by atoms with Crippen LogP contribution in [0.3, 0.4) is 0 Å². The van der Waals surface area contributed by atoms with Crippen molar-refractivity contribution in [1.29, 1.82) is 0 Å². The summed E-state index contributed by atoms with van der Waals surface area (Å²) in [7, 11) is 1.49. The molecule has 0 unspecified atom stereocenters. The van der Waals surface area contributed by atoms with Crippen molar-refractivity contribution in [3.8, 4) is 17.0 Å². The van der Waals surface area contributed by atoms with Crippen LogP contribution in [0.5, 0.6) is 5.75 Å². The van der Waals surface area contributed by atoms with Gasteiger partial charge in [-0.2, -0.15) is 4.73 Å². The van der Waals surface area contributed by atoms with E-state index in [1.54, 1.807) is 6.92 Å². The van der Waals surface area contributed by atoms with Gasteiger partial charge < -0.3 is 9.57 Å². The van der Waals surface area contributed by atoms with E-state index in [2.05, 4.69) is 15.9 Å². The number of benzene rings is 1. The second-order valence-electron chi connectivity index (χ2n) is 4.74. The lowest BCUT2D eigenvalue weighted by Crippen LogP contribution is -2.10. The molecule has 1 aromatic carbocycles. The van der Waals surface area contributed by atoms with Gasteiger partial charge in [-0.05, 0) is 19.9 Å². The number of aromatic nitrogens is 1. The fourth-order valence-electron chi connectivity index (χ4n) is 2.37. The molecule has 0 atom stereocenters. The molecule has 0 spiro atoms. The summed E-state index contributed by atoms with van der Waals surface area (Å²) in [6, 6.07) is 7.46. The van der Waals surface area contributed by atoms with E-state index in [-0.39, 0.29) is 11.5 Å². The highest BCUT2D eigenvalue weighted by Crippen LogP contribution is 2.39. The molecule has 0 aliphatic carbocycles. The third-order valence-electron chi connectivity index (χ3n) is 3.21. The standard InChI is InChI=1S/C16H16BrNO4/c1-9-16(22-11(3)20)14(10(2)19)15(18(9)21-4)12-7-5-6-8-13(12)17/h5-8H,1-4H3. The molecule has 0 bridgehead atoms. The molecule has 116 valence electrons. The predicted molar refractivity (Wildman–Crippen MR) is 86.1 cm³/mol. The second kappa shape index (κ2) is 6.36. The van der Waals surface area contributed by atoms with E-state index in [9.17, 15) is 9.59 Å². The Hall–Kier alpha value is -2.08. The highest BCUT2D eigenvalue weighted by Gasteiger charge is 2.28. The highest BCUT2D eigenvalue weighted by atomic mass is 79.9. The summed E-state index contributed by atoms with van der Waals surface area (Å²) in [4.78, 5) is 28.9. The molecular weight excluding hydrogens is 350 g/mol. The number of carbonyl (C=O) groups is 2. The van der Waals surface area contributed by atoms with Crippen molar-refractivity contribution in [2.24, 2.45) is 0 Å². The van der Waals surface area contributed by atoms with Crippen LogP contribution >= 0.6 is 15.9 Å². The minimum atomic E-state index is -0.488. The zero-order valence-electron chi connectivity index (χ0n) is 12.8. The van der Waals surface area contributed by atoms with Crippen molar-refractivity contribution in [2.75, 3.05) is 7.11 Å². The number of ether oxygens (including phenoxy) is 1. The van der Waals surface area contributed by atoms with Crippen LogP contribution in [0.4, 0.5) is 0 Å². The summed E-state index contributed by atoms with van der Waals surface area (Å²) in [6.45, 7) is 4.46. The number of nitrogens with zero attached hydrogens (tertiary/aromatic N) is 1. The van der Waals surface area contributed by atoms with E-state index < -0.39 is 5.97 Å². The number of Topliss-reactive ketones (excluding diaryl/α,β-unsaturated/α-hetero) is 1. The van der Waals surface area contributed by atoms with Crippen molar-refractivity contribution in [3.63, 3.8) is 0 Å². The maximum atomic E-state index is 12.2. The molecule has 5 nitrogen and oxygen atoms in total. The predicted octanol–water partition coefficient (Wildman–Crippen LogP) is 3.41. The van der Waals surface area contributed by atoms with Crippen molar-refractivity contribution < 1.29 is 19.2 Å². The summed E-state index contributed by atoms with van der Waals surface area (Å²) >= 11 is 3.48. The normalized spacial score (nSPS) is 10.4. The van der Waals surface area contributed by atoms with Gasteiger partial charge in [-0.3, -0.25) is 9.59 Å². The molecule has 2 rings (SSSR count). The van der Waals surface area contributed by atoms with E-state index >= 15 is 0 Å². The first kappa shape index (κ1) is 16.3. The van der Waals surface area contributed by atoms with Crippen LogP contribution in [0, 0.1) is 6.92 Å². The summed E-state index contributed by atoms with van der Waals surface area (Å²) < 4.78 is 7.55. The lowest BCUT2D eigenvalue weighted by Gasteiger charge is -2.11. The van der Waals surface area contributed by atoms with Gasteiger partial charge in [0.1, 0.15) is 12.8 Å². The van der Waals surface area contributed by atoms with Crippen LogP contribution in [0.15, 0.2) is 28.7 Å². The van der Waals surface area contributed by atoms with E-state index in [1.807, 2.05) is 24.3 Å². The van der Waals surface area contributed by atoms with Crippen LogP contribution in [0.1, 0.15) is 29.9 Å². The molecule has 0 N–H and O–H groups in total. The van der Waals surface area contributed by atoms with Gasteiger partial charge in [-0.1, -0.05) is 34.1 Å². The number of esters is 1. The topological polar surface area (TPSA) is 57.5 Å². The summed E-state index contributed by atoms with van der Waals surface area (Å²) in [5, 5.41) is 0. The number of hydrogen-bond donors (Lipinski definition) is 0. The first-order valence-corrected chi connectivity index (χ1v) is 7.41. The Bertz CT molecular complexity index is 749. The Labute approximate surface area is 136 Å². The Morgan fingerprint density at radius 3 is 2.32 bits per heavy atom. The molecule has 1 aromatic heterocycles. The maximum absolute atomic E-state index is 12.2. The molecule has 0 fully saturated rings. The van der Waals surface area contributed by atoms with Crippen molar-refractivity contribution >= 4 is 27.7 Å². The number of carbonyl (C=O) groups excluding carboxylic acids is 2. The smallest absolute Gasteiger partial charge is 0.308 e. The number of ketones is 1. The Morgan fingerprint density at radius 1 is 1.18 bits per heavy atom. The molecule has 6 heteroatoms. The molecule has 1 heterocycles. The van der Waals surface area contributed by atoms with Gasteiger partial charge >= 0.3 is 5.97 Å². The van der Waals surface area contributed by atoms with E-state index in [4.69, 9.17) is 9.57 Å². The monoisotopic (exact) mass is 365 g/mol. The van der Waals surface area contributed by atoms with Gasteiger partial charge in [0, 0.05) is 17.0 Å². The van der Waals surface area contributed by atoms with Crippen molar-refractivity contribution in [2.45, 2.75) is 20.8 Å². The Balaban J connectivity index is 2.85. The minimum absolute atomic E-state index is 0.207. The van der Waals surface area contributed by atoms with Gasteiger partial charge in [0.2, 0.25) is 0 Å². The first-order chi connectivity index (χ1) is 10.4. The first-order valence-electron chi connectivity index (χ1n) is 6.62. The fraction of sp³-hybridized carbons (Fsp3) is 0.250. The molecule has 0 aliphatic heterocycles. The minimum Gasteiger partial charge on any atom is -0.424 e. The van der Waals surface area contributed by atoms with Gasteiger partial charge in [-0.15, -0.1) is 0 Å². The Morgan fingerprint density at radius 2 is 1.82 bits per heavy atom. The zero-order chi connectivity index (χ0) is 16.4. The highest BCUT2D eigenvalue weighted by molar-refractivity contribution is 9.10. The summed E-state index contributed by atoms with van der Waals surface area (Å²) in [5.74, 6) is -0.467. The molecule has 0 saturated heterocycles. The number of hydrogen-bond acceptors (Lipinski definition) is 4. The molecular formula is C16H16BrNO4. The van der Waals surface area contributed by atoms with Crippen LogP contribution in [-0.4, -0.2) is 23.6 Å². The lowest BCUT2D eigenvalue weighted by molar-refractivity contribution is -0.131. The quantitative estimate of drug-likeness (QED) is 0.615. The van der Waals surface area contributed by atoms with Gasteiger partial charge in [0.15, 0.2) is 11.5 Å². The van der Waals surface area contributed by atoms with Crippen LogP contribution in [0.2, 0.25) is 0 Å². The SMILES string of the molecule is COn1c(C)c(OC(C)=O)c(C(C)=O)c1-c1ccccc1Br. The molecule has 0 amide bonds. The summed E-state index contributed by atoms with van der Waals surface area (Å²) in [5.41, 5.74) is 2.20. The molecule has 2 aromatic rings.